The maximum atomic E-state index is 12.1. The Morgan fingerprint density at radius 2 is 2.10 bits per heavy atom. The van der Waals surface area contributed by atoms with Crippen LogP contribution in [0.25, 0.3) is 0 Å². The molecular weight excluding hydrogens is 324 g/mol. The third-order valence-electron chi connectivity index (χ3n) is 3.14. The SMILES string of the molecule is O=C(Nc1cccc(C2SCCCS2)c1)c1cc(Cl)c[nH]1. The first kappa shape index (κ1) is 14.9. The van der Waals surface area contributed by atoms with Crippen LogP contribution >= 0.6 is 35.1 Å². The van der Waals surface area contributed by atoms with Crippen molar-refractivity contribution in [3.63, 3.8) is 0 Å². The zero-order chi connectivity index (χ0) is 14.7. The number of aromatic amines is 1. The lowest BCUT2D eigenvalue weighted by Gasteiger charge is -2.21. The Labute approximate surface area is 137 Å². The quantitative estimate of drug-likeness (QED) is 0.845. The lowest BCUT2D eigenvalue weighted by Crippen LogP contribution is -2.12. The first-order valence-electron chi connectivity index (χ1n) is 6.71. The van der Waals surface area contributed by atoms with E-state index in [0.29, 0.717) is 15.3 Å². The number of amides is 1. The van der Waals surface area contributed by atoms with E-state index < -0.39 is 0 Å². The fourth-order valence-electron chi connectivity index (χ4n) is 2.14. The highest BCUT2D eigenvalue weighted by molar-refractivity contribution is 8.16. The highest BCUT2D eigenvalue weighted by atomic mass is 35.5. The van der Waals surface area contributed by atoms with Crippen LogP contribution in [0.3, 0.4) is 0 Å². The van der Waals surface area contributed by atoms with Crippen molar-refractivity contribution < 1.29 is 4.79 Å². The van der Waals surface area contributed by atoms with Gasteiger partial charge in [-0.05, 0) is 41.7 Å². The van der Waals surface area contributed by atoms with Crippen LogP contribution in [-0.2, 0) is 0 Å². The average Bonchev–Trinajstić information content (AvgIpc) is 2.95. The molecule has 0 radical (unpaired) electrons. The summed E-state index contributed by atoms with van der Waals surface area (Å²) in [5, 5.41) is 3.44. The first-order valence-corrected chi connectivity index (χ1v) is 9.18. The summed E-state index contributed by atoms with van der Waals surface area (Å²) in [6.45, 7) is 0. The van der Waals surface area contributed by atoms with Crippen molar-refractivity contribution in [2.75, 3.05) is 16.8 Å². The molecule has 6 heteroatoms. The molecule has 0 atom stereocenters. The zero-order valence-corrected chi connectivity index (χ0v) is 13.7. The first-order chi connectivity index (χ1) is 10.2. The third kappa shape index (κ3) is 3.78. The average molecular weight is 339 g/mol. The molecule has 110 valence electrons. The molecule has 0 unspecified atom stereocenters. The maximum absolute atomic E-state index is 12.1. The molecule has 0 aliphatic carbocycles. The maximum Gasteiger partial charge on any atom is 0.272 e. The summed E-state index contributed by atoms with van der Waals surface area (Å²) in [5.41, 5.74) is 2.54. The van der Waals surface area contributed by atoms with Crippen molar-refractivity contribution in [2.24, 2.45) is 0 Å². The van der Waals surface area contributed by atoms with Gasteiger partial charge in [0.05, 0.1) is 9.60 Å². The van der Waals surface area contributed by atoms with Gasteiger partial charge in [-0.3, -0.25) is 4.79 Å². The number of H-pyrrole nitrogens is 1. The standard InChI is InChI=1S/C15H15ClN2OS2/c16-11-8-13(17-9-11)14(19)18-12-4-1-3-10(7-12)15-20-5-2-6-21-15/h1,3-4,7-9,15,17H,2,5-6H2,(H,18,19). The summed E-state index contributed by atoms with van der Waals surface area (Å²) >= 11 is 9.76. The molecule has 0 bridgehead atoms. The summed E-state index contributed by atoms with van der Waals surface area (Å²) in [5.74, 6) is 2.23. The molecule has 21 heavy (non-hydrogen) atoms. The van der Waals surface area contributed by atoms with Gasteiger partial charge in [-0.15, -0.1) is 23.5 Å². The normalized spacial score (nSPS) is 15.9. The number of nitrogens with one attached hydrogen (secondary N) is 2. The molecular formula is C15H15ClN2OS2. The Bertz CT molecular complexity index is 638. The minimum Gasteiger partial charge on any atom is -0.356 e. The van der Waals surface area contributed by atoms with Crippen molar-refractivity contribution >= 4 is 46.7 Å². The number of aromatic nitrogens is 1. The minimum atomic E-state index is -0.178. The number of rotatable bonds is 3. The highest BCUT2D eigenvalue weighted by Crippen LogP contribution is 2.44. The number of hydrogen-bond donors (Lipinski definition) is 2. The van der Waals surface area contributed by atoms with Crippen molar-refractivity contribution in [3.05, 3.63) is 52.8 Å². The molecule has 1 saturated heterocycles. The molecule has 2 aromatic rings. The molecule has 1 aromatic heterocycles. The number of benzene rings is 1. The van der Waals surface area contributed by atoms with Gasteiger partial charge in [-0.25, -0.2) is 0 Å². The number of halogens is 1. The molecule has 1 aliphatic rings. The molecule has 2 N–H and O–H groups in total. The fourth-order valence-corrected chi connectivity index (χ4v) is 5.18. The molecule has 1 aromatic carbocycles. The van der Waals surface area contributed by atoms with E-state index in [9.17, 15) is 4.79 Å². The van der Waals surface area contributed by atoms with Crippen LogP contribution in [-0.4, -0.2) is 22.4 Å². The second-order valence-corrected chi connectivity index (χ2v) is 7.90. The zero-order valence-electron chi connectivity index (χ0n) is 11.3. The van der Waals surface area contributed by atoms with Crippen LogP contribution in [0.4, 0.5) is 5.69 Å². The molecule has 0 spiro atoms. The molecule has 3 nitrogen and oxygen atoms in total. The second kappa shape index (κ2) is 6.81. The monoisotopic (exact) mass is 338 g/mol. The topological polar surface area (TPSA) is 44.9 Å². The van der Waals surface area contributed by atoms with E-state index in [1.54, 1.807) is 12.3 Å². The number of hydrogen-bond acceptors (Lipinski definition) is 3. The van der Waals surface area contributed by atoms with Gasteiger partial charge < -0.3 is 10.3 Å². The molecule has 1 fully saturated rings. The van der Waals surface area contributed by atoms with Crippen LogP contribution in [0.5, 0.6) is 0 Å². The van der Waals surface area contributed by atoms with E-state index >= 15 is 0 Å². The lowest BCUT2D eigenvalue weighted by atomic mass is 10.2. The molecule has 2 heterocycles. The van der Waals surface area contributed by atoms with Crippen LogP contribution in [0.2, 0.25) is 5.02 Å². The molecule has 3 rings (SSSR count). The molecule has 1 amide bonds. The predicted octanol–water partition coefficient (Wildman–Crippen LogP) is 4.79. The van der Waals surface area contributed by atoms with Crippen molar-refractivity contribution in [1.29, 1.82) is 0 Å². The van der Waals surface area contributed by atoms with Gasteiger partial charge in [-0.2, -0.15) is 0 Å². The highest BCUT2D eigenvalue weighted by Gasteiger charge is 2.17. The van der Waals surface area contributed by atoms with Crippen molar-refractivity contribution in [2.45, 2.75) is 11.0 Å². The minimum absolute atomic E-state index is 0.178. The largest absolute Gasteiger partial charge is 0.356 e. The summed E-state index contributed by atoms with van der Waals surface area (Å²) in [4.78, 5) is 15.0. The Hall–Kier alpha value is -1.04. The van der Waals surface area contributed by atoms with E-state index in [4.69, 9.17) is 11.6 Å². The Balaban J connectivity index is 1.72. The van der Waals surface area contributed by atoms with Crippen LogP contribution in [0.15, 0.2) is 36.5 Å². The van der Waals surface area contributed by atoms with Gasteiger partial charge in [0.25, 0.3) is 5.91 Å². The molecule has 0 saturated carbocycles. The van der Waals surface area contributed by atoms with Gasteiger partial charge in [0.2, 0.25) is 0 Å². The Morgan fingerprint density at radius 3 is 2.81 bits per heavy atom. The van der Waals surface area contributed by atoms with Crippen LogP contribution in [0, 0.1) is 0 Å². The van der Waals surface area contributed by atoms with Gasteiger partial charge in [0, 0.05) is 11.9 Å². The van der Waals surface area contributed by atoms with E-state index in [0.717, 1.165) is 5.69 Å². The van der Waals surface area contributed by atoms with Gasteiger partial charge >= 0.3 is 0 Å². The smallest absolute Gasteiger partial charge is 0.272 e. The number of anilines is 1. The van der Waals surface area contributed by atoms with Gasteiger partial charge in [0.15, 0.2) is 0 Å². The van der Waals surface area contributed by atoms with Crippen molar-refractivity contribution in [3.8, 4) is 0 Å². The van der Waals surface area contributed by atoms with Crippen molar-refractivity contribution in [1.82, 2.24) is 4.98 Å². The summed E-state index contributed by atoms with van der Waals surface area (Å²) in [6, 6.07) is 9.69. The summed E-state index contributed by atoms with van der Waals surface area (Å²) in [6.07, 6.45) is 2.87. The lowest BCUT2D eigenvalue weighted by molar-refractivity contribution is 0.102. The van der Waals surface area contributed by atoms with E-state index in [2.05, 4.69) is 22.4 Å². The predicted molar refractivity (Wildman–Crippen MR) is 92.5 cm³/mol. The Kier molecular flexibility index (Phi) is 4.83. The molecule has 1 aliphatic heterocycles. The number of carbonyl (C=O) groups excluding carboxylic acids is 1. The van der Waals surface area contributed by atoms with Gasteiger partial charge in [-0.1, -0.05) is 23.7 Å². The number of carbonyl (C=O) groups is 1. The summed E-state index contributed by atoms with van der Waals surface area (Å²) in [7, 11) is 0. The number of thioether (sulfide) groups is 2. The van der Waals surface area contributed by atoms with Crippen LogP contribution in [0.1, 0.15) is 27.1 Å². The van der Waals surface area contributed by atoms with Crippen LogP contribution < -0.4 is 5.32 Å². The fraction of sp³-hybridized carbons (Fsp3) is 0.267. The van der Waals surface area contributed by atoms with E-state index in [-0.39, 0.29) is 5.91 Å². The second-order valence-electron chi connectivity index (χ2n) is 4.74. The third-order valence-corrected chi connectivity index (χ3v) is 6.37. The summed E-state index contributed by atoms with van der Waals surface area (Å²) < 4.78 is 0.468. The Morgan fingerprint density at radius 1 is 1.29 bits per heavy atom. The van der Waals surface area contributed by atoms with E-state index in [1.807, 2.05) is 35.7 Å². The van der Waals surface area contributed by atoms with Gasteiger partial charge in [0.1, 0.15) is 5.69 Å². The van der Waals surface area contributed by atoms with E-state index in [1.165, 1.54) is 23.5 Å².